The third kappa shape index (κ3) is 17.1. The van der Waals surface area contributed by atoms with Crippen LogP contribution in [-0.2, 0) is 4.79 Å². The molecule has 2 aromatic carbocycles. The number of ether oxygens (including phenoxy) is 2. The summed E-state index contributed by atoms with van der Waals surface area (Å²) >= 11 is 0. The van der Waals surface area contributed by atoms with Gasteiger partial charge in [-0.2, -0.15) is 0 Å². The highest BCUT2D eigenvalue weighted by atomic mass is 16.5. The van der Waals surface area contributed by atoms with Gasteiger partial charge in [0.1, 0.15) is 11.5 Å². The molecule has 3 heterocycles. The van der Waals surface area contributed by atoms with E-state index in [0.29, 0.717) is 13.0 Å². The average Bonchev–Trinajstić information content (AvgIpc) is 3.11. The number of nitrogens with two attached hydrogens (primary N) is 1. The number of nitrogens with zero attached hydrogens (tertiary/aromatic N) is 3. The molecule has 0 saturated carbocycles. The molecule has 3 N–H and O–H groups in total. The Morgan fingerprint density at radius 1 is 0.696 bits per heavy atom. The number of hydrogen-bond donors (Lipinski definition) is 2. The van der Waals surface area contributed by atoms with E-state index in [1.165, 1.54) is 102 Å². The molecule has 0 bridgehead atoms. The van der Waals surface area contributed by atoms with E-state index in [1.54, 1.807) is 0 Å². The molecule has 0 aliphatic carbocycles. The molecule has 8 nitrogen and oxygen atoms in total. The van der Waals surface area contributed by atoms with Crippen molar-refractivity contribution in [1.82, 2.24) is 9.80 Å². The quantitative estimate of drug-likeness (QED) is 0.202. The van der Waals surface area contributed by atoms with E-state index in [1.807, 2.05) is 30.3 Å². The zero-order valence-electron chi connectivity index (χ0n) is 28.3. The maximum Gasteiger partial charge on any atom is 0.303 e. The Hall–Kier alpha value is -2.94. The minimum absolute atomic E-state index is 0.247. The van der Waals surface area contributed by atoms with Gasteiger partial charge >= 0.3 is 5.97 Å². The van der Waals surface area contributed by atoms with Gasteiger partial charge in [0.05, 0.1) is 13.2 Å². The second kappa shape index (κ2) is 24.3. The molecule has 46 heavy (non-hydrogen) atoms. The molecule has 0 aromatic heterocycles. The van der Waals surface area contributed by atoms with Crippen molar-refractivity contribution in [2.24, 2.45) is 10.7 Å². The Morgan fingerprint density at radius 2 is 1.26 bits per heavy atom. The van der Waals surface area contributed by atoms with Crippen molar-refractivity contribution in [3.8, 4) is 11.5 Å². The fourth-order valence-corrected chi connectivity index (χ4v) is 5.94. The van der Waals surface area contributed by atoms with Crippen LogP contribution in [0.5, 0.6) is 11.5 Å². The zero-order valence-corrected chi connectivity index (χ0v) is 28.3. The number of benzene rings is 2. The molecule has 8 heteroatoms. The minimum atomic E-state index is -0.738. The fourth-order valence-electron chi connectivity index (χ4n) is 5.94. The van der Waals surface area contributed by atoms with Gasteiger partial charge in [-0.15, -0.1) is 0 Å². The maximum atomic E-state index is 9.83. The van der Waals surface area contributed by atoms with Gasteiger partial charge in [0, 0.05) is 31.8 Å². The van der Waals surface area contributed by atoms with Crippen molar-refractivity contribution in [3.05, 3.63) is 60.2 Å². The lowest BCUT2D eigenvalue weighted by Crippen LogP contribution is -2.31. The number of piperidine rings is 2. The molecule has 3 aliphatic rings. The standard InChI is InChI=1S/C19H28N2O.C14H21NO.C5H11NO2/c1-4-13-21(14-5-1)15-6-16-22-18-10-8-17(9-11-18)19-7-2-3-12-20-19;1-3-8-14(9-4-1)16-13-7-12-15-10-5-2-6-11-15;6-4-2-1-3-5(7)8/h8-11H,1-7,12-16H2;1,3-4,8-9H,2,5-7,10-13H2;1-4,6H2,(H,7,8). The van der Waals surface area contributed by atoms with Crippen LogP contribution in [-0.4, -0.2) is 92.2 Å². The highest BCUT2D eigenvalue weighted by Gasteiger charge is 2.11. The van der Waals surface area contributed by atoms with Gasteiger partial charge in [0.15, 0.2) is 0 Å². The first-order valence-electron chi connectivity index (χ1n) is 17.9. The first kappa shape index (κ1) is 37.5. The van der Waals surface area contributed by atoms with Crippen molar-refractivity contribution in [3.63, 3.8) is 0 Å². The monoisotopic (exact) mass is 636 g/mol. The topological polar surface area (TPSA) is 101 Å². The summed E-state index contributed by atoms with van der Waals surface area (Å²) in [6, 6.07) is 18.6. The molecule has 0 amide bonds. The van der Waals surface area contributed by atoms with Crippen molar-refractivity contribution in [2.75, 3.05) is 65.6 Å². The Morgan fingerprint density at radius 3 is 1.76 bits per heavy atom. The van der Waals surface area contributed by atoms with Crippen molar-refractivity contribution < 1.29 is 19.4 Å². The molecule has 3 aliphatic heterocycles. The number of carboxylic acids is 1. The van der Waals surface area contributed by atoms with Crippen LogP contribution in [0.2, 0.25) is 0 Å². The Labute approximate surface area is 278 Å². The summed E-state index contributed by atoms with van der Waals surface area (Å²) in [5.41, 5.74) is 7.65. The van der Waals surface area contributed by atoms with Gasteiger partial charge in [-0.25, -0.2) is 0 Å². The van der Waals surface area contributed by atoms with Crippen molar-refractivity contribution in [2.45, 2.75) is 89.9 Å². The van der Waals surface area contributed by atoms with Gasteiger partial charge in [-0.05, 0) is 145 Å². The minimum Gasteiger partial charge on any atom is -0.494 e. The molecule has 256 valence electrons. The van der Waals surface area contributed by atoms with Crippen LogP contribution in [0.4, 0.5) is 0 Å². The van der Waals surface area contributed by atoms with Crippen molar-refractivity contribution >= 4 is 11.7 Å². The average molecular weight is 637 g/mol. The van der Waals surface area contributed by atoms with E-state index in [0.717, 1.165) is 56.9 Å². The number of carboxylic acid groups (broad SMARTS) is 1. The van der Waals surface area contributed by atoms with Gasteiger partial charge in [0.2, 0.25) is 0 Å². The van der Waals surface area contributed by atoms with Crippen molar-refractivity contribution in [1.29, 1.82) is 0 Å². The van der Waals surface area contributed by atoms with E-state index in [2.05, 4.69) is 39.1 Å². The Balaban J connectivity index is 0.000000210. The van der Waals surface area contributed by atoms with Gasteiger partial charge in [-0.3, -0.25) is 9.79 Å². The highest BCUT2D eigenvalue weighted by molar-refractivity contribution is 6.00. The lowest BCUT2D eigenvalue weighted by atomic mass is 10.0. The number of aliphatic imine (C=N–C) groups is 1. The lowest BCUT2D eigenvalue weighted by molar-refractivity contribution is -0.137. The molecule has 2 aromatic rings. The number of hydrogen-bond acceptors (Lipinski definition) is 7. The van der Waals surface area contributed by atoms with E-state index >= 15 is 0 Å². The third-order valence-corrected chi connectivity index (χ3v) is 8.57. The van der Waals surface area contributed by atoms with Crippen LogP contribution in [0.15, 0.2) is 59.6 Å². The van der Waals surface area contributed by atoms with E-state index in [-0.39, 0.29) is 6.42 Å². The Bertz CT molecular complexity index is 1070. The molecule has 2 fully saturated rings. The normalized spacial score (nSPS) is 17.0. The van der Waals surface area contributed by atoms with Crippen LogP contribution in [0.1, 0.15) is 95.5 Å². The number of aliphatic carboxylic acids is 1. The molecule has 2 saturated heterocycles. The smallest absolute Gasteiger partial charge is 0.303 e. The molecular formula is C38H60N4O4. The number of carbonyl (C=O) groups is 1. The van der Waals surface area contributed by atoms with Crippen LogP contribution in [0, 0.1) is 0 Å². The second-order valence-corrected chi connectivity index (χ2v) is 12.5. The highest BCUT2D eigenvalue weighted by Crippen LogP contribution is 2.18. The van der Waals surface area contributed by atoms with E-state index in [4.69, 9.17) is 20.3 Å². The van der Waals surface area contributed by atoms with Crippen LogP contribution >= 0.6 is 0 Å². The first-order chi connectivity index (χ1) is 22.6. The van der Waals surface area contributed by atoms with Gasteiger partial charge in [0.25, 0.3) is 0 Å². The van der Waals surface area contributed by atoms with Gasteiger partial charge in [-0.1, -0.05) is 31.0 Å². The molecule has 0 atom stereocenters. The van der Waals surface area contributed by atoms with Crippen LogP contribution in [0.25, 0.3) is 0 Å². The summed E-state index contributed by atoms with van der Waals surface area (Å²) < 4.78 is 11.5. The van der Waals surface area contributed by atoms with E-state index < -0.39 is 5.97 Å². The lowest BCUT2D eigenvalue weighted by Gasteiger charge is -2.26. The predicted octanol–water partition coefficient (Wildman–Crippen LogP) is 7.06. The third-order valence-electron chi connectivity index (χ3n) is 8.57. The summed E-state index contributed by atoms with van der Waals surface area (Å²) in [6.07, 6.45) is 15.9. The fraction of sp³-hybridized carbons (Fsp3) is 0.632. The summed E-state index contributed by atoms with van der Waals surface area (Å²) in [6.45, 7) is 10.7. The maximum absolute atomic E-state index is 9.83. The molecule has 0 unspecified atom stereocenters. The van der Waals surface area contributed by atoms with Crippen LogP contribution in [0.3, 0.4) is 0 Å². The van der Waals surface area contributed by atoms with Crippen LogP contribution < -0.4 is 15.2 Å². The zero-order chi connectivity index (χ0) is 32.5. The summed E-state index contributed by atoms with van der Waals surface area (Å²) in [7, 11) is 0. The predicted molar refractivity (Wildman–Crippen MR) is 189 cm³/mol. The largest absolute Gasteiger partial charge is 0.494 e. The Kier molecular flexibility index (Phi) is 19.8. The number of unbranched alkanes of at least 4 members (excludes halogenated alkanes) is 1. The first-order valence-corrected chi connectivity index (χ1v) is 17.9. The number of likely N-dealkylation sites (tertiary alicyclic amines) is 2. The number of rotatable bonds is 15. The second-order valence-electron chi connectivity index (χ2n) is 12.5. The molecule has 5 rings (SSSR count). The summed E-state index contributed by atoms with van der Waals surface area (Å²) in [4.78, 5) is 19.6. The number of para-hydroxylation sites is 1. The molecule has 0 radical (unpaired) electrons. The SMILES string of the molecule is NCCCCC(=O)O.c1cc(C2=NCCCC2)ccc1OCCCN1CCCCC1.c1ccc(OCCCN2CCCCC2)cc1. The summed E-state index contributed by atoms with van der Waals surface area (Å²) in [5, 5.41) is 8.10. The molecular weight excluding hydrogens is 576 g/mol. The van der Waals surface area contributed by atoms with Gasteiger partial charge < -0.3 is 30.1 Å². The summed E-state index contributed by atoms with van der Waals surface area (Å²) in [5.74, 6) is 1.23. The molecule has 0 spiro atoms. The van der Waals surface area contributed by atoms with E-state index in [9.17, 15) is 4.79 Å².